The fraction of sp³-hybridized carbons (Fsp3) is 0.182. The lowest BCUT2D eigenvalue weighted by Crippen LogP contribution is -2.11. The van der Waals surface area contributed by atoms with Crippen molar-refractivity contribution < 1.29 is 4.92 Å². The molecule has 3 aromatic carbocycles. The van der Waals surface area contributed by atoms with E-state index in [4.69, 9.17) is 5.73 Å². The van der Waals surface area contributed by atoms with E-state index in [2.05, 4.69) is 42.8 Å². The smallest absolute Gasteiger partial charge is 0.291 e. The summed E-state index contributed by atoms with van der Waals surface area (Å²) in [6.07, 6.45) is 0. The first-order chi connectivity index (χ1) is 12.7. The number of rotatable bonds is 3. The normalized spacial score (nSPS) is 11.4. The summed E-state index contributed by atoms with van der Waals surface area (Å²) in [6.45, 7) is 6.44. The first kappa shape index (κ1) is 19.1. The Hall–Kier alpha value is -2.66. The number of hydrogen-bond acceptors (Lipinski definition) is 3. The molecule has 2 N–H and O–H groups in total. The highest BCUT2D eigenvalue weighted by Gasteiger charge is 2.23. The third kappa shape index (κ3) is 3.74. The van der Waals surface area contributed by atoms with Gasteiger partial charge in [0.1, 0.15) is 0 Å². The van der Waals surface area contributed by atoms with Crippen LogP contribution < -0.4 is 5.73 Å². The van der Waals surface area contributed by atoms with Crippen LogP contribution in [-0.2, 0) is 5.41 Å². The van der Waals surface area contributed by atoms with Gasteiger partial charge in [0.05, 0.1) is 15.0 Å². The summed E-state index contributed by atoms with van der Waals surface area (Å²) in [5.74, 6) is 0. The van der Waals surface area contributed by atoms with E-state index in [1.54, 1.807) is 18.2 Å². The summed E-state index contributed by atoms with van der Waals surface area (Å²) in [5, 5.41) is 11.7. The maximum atomic E-state index is 11.7. The standard InChI is InChI=1S/C22H21BrN2O2/c1-22(2,3)14-11-12-20(24)18(13-14)16-8-5-4-7-15(16)17-9-6-10-19(23)21(17)25(26)27/h4-13H,24H2,1-3H3. The molecule has 3 rings (SSSR count). The van der Waals surface area contributed by atoms with E-state index in [0.717, 1.165) is 22.3 Å². The average Bonchev–Trinajstić information content (AvgIpc) is 2.60. The number of para-hydroxylation sites is 1. The van der Waals surface area contributed by atoms with Gasteiger partial charge in [0.2, 0.25) is 0 Å². The Labute approximate surface area is 167 Å². The van der Waals surface area contributed by atoms with Crippen molar-refractivity contribution >= 4 is 27.3 Å². The zero-order valence-electron chi connectivity index (χ0n) is 15.5. The summed E-state index contributed by atoms with van der Waals surface area (Å²) in [5.41, 5.74) is 11.2. The van der Waals surface area contributed by atoms with Gasteiger partial charge in [-0.25, -0.2) is 0 Å². The maximum absolute atomic E-state index is 11.7. The van der Waals surface area contributed by atoms with Crippen molar-refractivity contribution in [3.05, 3.63) is 80.8 Å². The molecule has 0 aromatic heterocycles. The van der Waals surface area contributed by atoms with Gasteiger partial charge in [-0.15, -0.1) is 0 Å². The first-order valence-electron chi connectivity index (χ1n) is 8.63. The molecule has 138 valence electrons. The first-order valence-corrected chi connectivity index (χ1v) is 9.42. The second kappa shape index (κ2) is 7.16. The minimum Gasteiger partial charge on any atom is -0.398 e. The van der Waals surface area contributed by atoms with Gasteiger partial charge in [0.25, 0.3) is 5.69 Å². The molecule has 27 heavy (non-hydrogen) atoms. The van der Waals surface area contributed by atoms with Crippen LogP contribution in [-0.4, -0.2) is 4.92 Å². The maximum Gasteiger partial charge on any atom is 0.291 e. The van der Waals surface area contributed by atoms with Gasteiger partial charge in [-0.3, -0.25) is 10.1 Å². The van der Waals surface area contributed by atoms with Crippen LogP contribution in [0.3, 0.4) is 0 Å². The van der Waals surface area contributed by atoms with Crippen LogP contribution in [0.1, 0.15) is 26.3 Å². The molecule has 0 aliphatic carbocycles. The molecule has 0 aliphatic rings. The second-order valence-electron chi connectivity index (χ2n) is 7.49. The highest BCUT2D eigenvalue weighted by Crippen LogP contribution is 2.42. The molecule has 0 atom stereocenters. The molecular weight excluding hydrogens is 404 g/mol. The van der Waals surface area contributed by atoms with E-state index < -0.39 is 0 Å². The quantitative estimate of drug-likeness (QED) is 0.293. The number of nitro groups is 1. The number of benzene rings is 3. The molecule has 0 saturated heterocycles. The van der Waals surface area contributed by atoms with Crippen LogP contribution in [0.2, 0.25) is 0 Å². The second-order valence-corrected chi connectivity index (χ2v) is 8.35. The highest BCUT2D eigenvalue weighted by atomic mass is 79.9. The summed E-state index contributed by atoms with van der Waals surface area (Å²) in [7, 11) is 0. The van der Waals surface area contributed by atoms with Crippen LogP contribution in [0.5, 0.6) is 0 Å². The largest absolute Gasteiger partial charge is 0.398 e. The minimum absolute atomic E-state index is 0.0286. The molecular formula is C22H21BrN2O2. The average molecular weight is 425 g/mol. The number of nitrogen functional groups attached to an aromatic ring is 1. The number of anilines is 1. The van der Waals surface area contributed by atoms with Crippen molar-refractivity contribution in [1.29, 1.82) is 0 Å². The van der Waals surface area contributed by atoms with E-state index in [1.165, 1.54) is 0 Å². The Morgan fingerprint density at radius 3 is 2.07 bits per heavy atom. The highest BCUT2D eigenvalue weighted by molar-refractivity contribution is 9.10. The van der Waals surface area contributed by atoms with Gasteiger partial charge in [-0.1, -0.05) is 57.2 Å². The van der Waals surface area contributed by atoms with Gasteiger partial charge < -0.3 is 5.73 Å². The third-order valence-electron chi connectivity index (χ3n) is 4.60. The molecule has 0 amide bonds. The SMILES string of the molecule is CC(C)(C)c1ccc(N)c(-c2ccccc2-c2cccc(Br)c2[N+](=O)[O-])c1. The Morgan fingerprint density at radius 2 is 1.48 bits per heavy atom. The van der Waals surface area contributed by atoms with Crippen molar-refractivity contribution in [1.82, 2.24) is 0 Å². The number of hydrogen-bond donors (Lipinski definition) is 1. The lowest BCUT2D eigenvalue weighted by molar-refractivity contribution is -0.385. The number of nitrogens with two attached hydrogens (primary N) is 1. The molecule has 0 bridgehead atoms. The Bertz CT molecular complexity index is 1020. The predicted octanol–water partition coefficient (Wildman–Crippen LogP) is 6.57. The van der Waals surface area contributed by atoms with Crippen LogP contribution in [0.4, 0.5) is 11.4 Å². The summed E-state index contributed by atoms with van der Waals surface area (Å²) < 4.78 is 0.455. The zero-order chi connectivity index (χ0) is 19.8. The Morgan fingerprint density at radius 1 is 0.889 bits per heavy atom. The van der Waals surface area contributed by atoms with Crippen molar-refractivity contribution in [3.8, 4) is 22.3 Å². The van der Waals surface area contributed by atoms with E-state index in [-0.39, 0.29) is 16.0 Å². The van der Waals surface area contributed by atoms with Gasteiger partial charge in [-0.05, 0) is 62.3 Å². The lowest BCUT2D eigenvalue weighted by atomic mass is 9.84. The predicted molar refractivity (Wildman–Crippen MR) is 115 cm³/mol. The topological polar surface area (TPSA) is 69.2 Å². The monoisotopic (exact) mass is 424 g/mol. The van der Waals surface area contributed by atoms with Crippen LogP contribution in [0.25, 0.3) is 22.3 Å². The van der Waals surface area contributed by atoms with Crippen LogP contribution in [0.15, 0.2) is 65.1 Å². The summed E-state index contributed by atoms with van der Waals surface area (Å²) in [6, 6.07) is 18.9. The van der Waals surface area contributed by atoms with E-state index in [9.17, 15) is 10.1 Å². The number of nitrogens with zero attached hydrogens (tertiary/aromatic N) is 1. The van der Waals surface area contributed by atoms with Crippen molar-refractivity contribution in [2.24, 2.45) is 0 Å². The Kier molecular flexibility index (Phi) is 5.07. The molecule has 3 aromatic rings. The molecule has 0 unspecified atom stereocenters. The number of nitro benzene ring substituents is 1. The lowest BCUT2D eigenvalue weighted by Gasteiger charge is -2.21. The molecule has 0 saturated carbocycles. The molecule has 0 fully saturated rings. The molecule has 0 spiro atoms. The van der Waals surface area contributed by atoms with E-state index >= 15 is 0 Å². The van der Waals surface area contributed by atoms with Crippen molar-refractivity contribution in [2.45, 2.75) is 26.2 Å². The van der Waals surface area contributed by atoms with Gasteiger partial charge in [0, 0.05) is 11.3 Å². The molecule has 0 heterocycles. The molecule has 5 heteroatoms. The molecule has 0 aliphatic heterocycles. The van der Waals surface area contributed by atoms with Crippen LogP contribution >= 0.6 is 15.9 Å². The van der Waals surface area contributed by atoms with Crippen LogP contribution in [0, 0.1) is 10.1 Å². The number of halogens is 1. The van der Waals surface area contributed by atoms with Gasteiger partial charge in [0.15, 0.2) is 0 Å². The molecule has 0 radical (unpaired) electrons. The van der Waals surface area contributed by atoms with E-state index in [0.29, 0.717) is 15.7 Å². The van der Waals surface area contributed by atoms with Gasteiger partial charge >= 0.3 is 0 Å². The fourth-order valence-corrected chi connectivity index (χ4v) is 3.64. The summed E-state index contributed by atoms with van der Waals surface area (Å²) in [4.78, 5) is 11.3. The van der Waals surface area contributed by atoms with E-state index in [1.807, 2.05) is 36.4 Å². The van der Waals surface area contributed by atoms with Crippen molar-refractivity contribution in [2.75, 3.05) is 5.73 Å². The minimum atomic E-state index is -0.356. The Balaban J connectivity index is 2.30. The fourth-order valence-electron chi connectivity index (χ4n) is 3.13. The zero-order valence-corrected chi connectivity index (χ0v) is 17.1. The molecule has 4 nitrogen and oxygen atoms in total. The van der Waals surface area contributed by atoms with Gasteiger partial charge in [-0.2, -0.15) is 0 Å². The third-order valence-corrected chi connectivity index (χ3v) is 5.24. The van der Waals surface area contributed by atoms with Crippen molar-refractivity contribution in [3.63, 3.8) is 0 Å². The summed E-state index contributed by atoms with van der Waals surface area (Å²) >= 11 is 3.31.